The highest BCUT2D eigenvalue weighted by atomic mass is 16.5. The molecule has 2 N–H and O–H groups in total. The van der Waals surface area contributed by atoms with Crippen LogP contribution in [0, 0.1) is 6.92 Å². The highest BCUT2D eigenvalue weighted by Crippen LogP contribution is 2.35. The summed E-state index contributed by atoms with van der Waals surface area (Å²) in [4.78, 5) is 0. The van der Waals surface area contributed by atoms with Gasteiger partial charge in [-0.25, -0.2) is 0 Å². The number of hydrogen-bond donors (Lipinski definition) is 2. The molecule has 3 rings (SSSR count). The maximum atomic E-state index is 9.48. The van der Waals surface area contributed by atoms with E-state index in [-0.39, 0.29) is 0 Å². The highest BCUT2D eigenvalue weighted by Gasteiger charge is 2.14. The first-order valence-electron chi connectivity index (χ1n) is 10.4. The molecule has 3 aromatic rings. The van der Waals surface area contributed by atoms with Crippen molar-refractivity contribution >= 4 is 0 Å². The molecular weight excluding hydrogens is 390 g/mol. The fourth-order valence-electron chi connectivity index (χ4n) is 3.55. The Hall–Kier alpha value is -3.02. The van der Waals surface area contributed by atoms with E-state index in [1.54, 1.807) is 21.1 Å². The zero-order chi connectivity index (χ0) is 22.2. The first-order valence-corrected chi connectivity index (χ1v) is 10.4. The van der Waals surface area contributed by atoms with E-state index < -0.39 is 6.10 Å². The molecule has 0 saturated carbocycles. The molecule has 1 atom stereocenters. The van der Waals surface area contributed by atoms with Gasteiger partial charge < -0.3 is 24.6 Å². The van der Waals surface area contributed by atoms with Crippen molar-refractivity contribution in [3.63, 3.8) is 0 Å². The molecule has 5 heteroatoms. The molecule has 0 saturated heterocycles. The van der Waals surface area contributed by atoms with Crippen LogP contribution in [-0.2, 0) is 13.2 Å². The fourth-order valence-corrected chi connectivity index (χ4v) is 3.55. The van der Waals surface area contributed by atoms with Gasteiger partial charge in [-0.2, -0.15) is 0 Å². The van der Waals surface area contributed by atoms with Crippen LogP contribution in [-0.4, -0.2) is 32.0 Å². The summed E-state index contributed by atoms with van der Waals surface area (Å²) in [5.74, 6) is 2.04. The molecule has 0 aliphatic heterocycles. The van der Waals surface area contributed by atoms with Crippen LogP contribution in [0.5, 0.6) is 17.2 Å². The number of aliphatic hydroxyl groups excluding tert-OH is 1. The summed E-state index contributed by atoms with van der Waals surface area (Å²) in [5.41, 5.74) is 5.62. The Balaban J connectivity index is 1.79. The maximum Gasteiger partial charge on any atom is 0.130 e. The van der Waals surface area contributed by atoms with Crippen LogP contribution < -0.4 is 19.5 Å². The van der Waals surface area contributed by atoms with E-state index in [0.717, 1.165) is 11.1 Å². The van der Waals surface area contributed by atoms with E-state index >= 15 is 0 Å². The third-order valence-electron chi connectivity index (χ3n) is 5.25. The molecule has 5 nitrogen and oxygen atoms in total. The number of rotatable bonds is 10. The van der Waals surface area contributed by atoms with Gasteiger partial charge in [0.05, 0.1) is 25.9 Å². The number of nitrogens with one attached hydrogen (secondary N) is 1. The first kappa shape index (κ1) is 22.7. The fraction of sp³-hybridized carbons (Fsp3) is 0.308. The molecule has 3 aromatic carbocycles. The van der Waals surface area contributed by atoms with E-state index in [0.29, 0.717) is 36.9 Å². The summed E-state index contributed by atoms with van der Waals surface area (Å²) in [6, 6.07) is 20.4. The van der Waals surface area contributed by atoms with Crippen molar-refractivity contribution in [1.82, 2.24) is 5.32 Å². The smallest absolute Gasteiger partial charge is 0.130 e. The minimum absolute atomic E-state index is 0.422. The van der Waals surface area contributed by atoms with Gasteiger partial charge in [-0.1, -0.05) is 48.5 Å². The Bertz CT molecular complexity index is 961. The summed E-state index contributed by atoms with van der Waals surface area (Å²) < 4.78 is 17.3. The zero-order valence-electron chi connectivity index (χ0n) is 18.6. The Kier molecular flexibility index (Phi) is 7.93. The third-order valence-corrected chi connectivity index (χ3v) is 5.25. The lowest BCUT2D eigenvalue weighted by molar-refractivity contribution is 0.190. The van der Waals surface area contributed by atoms with Crippen molar-refractivity contribution in [2.75, 3.05) is 20.8 Å². The second-order valence-electron chi connectivity index (χ2n) is 7.53. The molecule has 0 heterocycles. The summed E-state index contributed by atoms with van der Waals surface area (Å²) >= 11 is 0. The second-order valence-corrected chi connectivity index (χ2v) is 7.53. The lowest BCUT2D eigenvalue weighted by Gasteiger charge is -2.18. The number of methoxy groups -OCH3 is 2. The van der Waals surface area contributed by atoms with Gasteiger partial charge >= 0.3 is 0 Å². The van der Waals surface area contributed by atoms with Gasteiger partial charge in [-0.05, 0) is 36.1 Å². The average molecular weight is 422 g/mol. The Morgan fingerprint density at radius 3 is 2.23 bits per heavy atom. The van der Waals surface area contributed by atoms with Crippen molar-refractivity contribution in [3.8, 4) is 28.4 Å². The SMILES string of the molecule is COc1cc(OCc2cccc(-c3ccccc3)c2C)cc(OC)c1CNC[C@H](C)O. The van der Waals surface area contributed by atoms with Crippen molar-refractivity contribution < 1.29 is 19.3 Å². The van der Waals surface area contributed by atoms with Gasteiger partial charge in [0.2, 0.25) is 0 Å². The van der Waals surface area contributed by atoms with Gasteiger partial charge in [0, 0.05) is 25.2 Å². The van der Waals surface area contributed by atoms with Crippen molar-refractivity contribution in [2.24, 2.45) is 0 Å². The van der Waals surface area contributed by atoms with Crippen LogP contribution >= 0.6 is 0 Å². The molecule has 0 fully saturated rings. The molecule has 0 radical (unpaired) electrons. The molecule has 0 spiro atoms. The summed E-state index contributed by atoms with van der Waals surface area (Å²) in [6.07, 6.45) is -0.422. The largest absolute Gasteiger partial charge is 0.496 e. The van der Waals surface area contributed by atoms with Gasteiger partial charge in [-0.15, -0.1) is 0 Å². The Morgan fingerprint density at radius 2 is 1.61 bits per heavy atom. The van der Waals surface area contributed by atoms with Crippen molar-refractivity contribution in [3.05, 3.63) is 77.4 Å². The second kappa shape index (κ2) is 10.8. The Labute approximate surface area is 184 Å². The minimum Gasteiger partial charge on any atom is -0.496 e. The van der Waals surface area contributed by atoms with Crippen molar-refractivity contribution in [2.45, 2.75) is 33.1 Å². The monoisotopic (exact) mass is 421 g/mol. The normalized spacial score (nSPS) is 11.8. The van der Waals surface area contributed by atoms with E-state index in [1.807, 2.05) is 30.3 Å². The molecule has 0 aliphatic carbocycles. The van der Waals surface area contributed by atoms with E-state index in [4.69, 9.17) is 14.2 Å². The average Bonchev–Trinajstić information content (AvgIpc) is 2.79. The molecule has 0 aliphatic rings. The van der Waals surface area contributed by atoms with E-state index in [1.165, 1.54) is 16.7 Å². The van der Waals surface area contributed by atoms with E-state index in [2.05, 4.69) is 42.6 Å². The van der Waals surface area contributed by atoms with Crippen LogP contribution in [0.4, 0.5) is 0 Å². The first-order chi connectivity index (χ1) is 15.0. The van der Waals surface area contributed by atoms with Gasteiger partial charge in [0.25, 0.3) is 0 Å². The number of hydrogen-bond acceptors (Lipinski definition) is 5. The van der Waals surface area contributed by atoms with Crippen LogP contribution in [0.15, 0.2) is 60.7 Å². The summed E-state index contributed by atoms with van der Waals surface area (Å²) in [7, 11) is 3.26. The van der Waals surface area contributed by atoms with Crippen LogP contribution in [0.25, 0.3) is 11.1 Å². The lowest BCUT2D eigenvalue weighted by Crippen LogP contribution is -2.24. The molecule has 164 valence electrons. The summed E-state index contributed by atoms with van der Waals surface area (Å²) in [5, 5.41) is 12.7. The van der Waals surface area contributed by atoms with Crippen LogP contribution in [0.3, 0.4) is 0 Å². The molecule has 31 heavy (non-hydrogen) atoms. The number of ether oxygens (including phenoxy) is 3. The topological polar surface area (TPSA) is 60.0 Å². The maximum absolute atomic E-state index is 9.48. The number of aliphatic hydroxyl groups is 1. The van der Waals surface area contributed by atoms with Crippen LogP contribution in [0.1, 0.15) is 23.6 Å². The van der Waals surface area contributed by atoms with Crippen LogP contribution in [0.2, 0.25) is 0 Å². The van der Waals surface area contributed by atoms with Crippen molar-refractivity contribution in [1.29, 1.82) is 0 Å². The molecular formula is C26H31NO4. The zero-order valence-corrected chi connectivity index (χ0v) is 18.6. The van der Waals surface area contributed by atoms with E-state index in [9.17, 15) is 5.11 Å². The predicted molar refractivity (Wildman–Crippen MR) is 124 cm³/mol. The molecule has 0 amide bonds. The Morgan fingerprint density at radius 1 is 0.935 bits per heavy atom. The molecule has 0 aromatic heterocycles. The van der Waals surface area contributed by atoms with Gasteiger partial charge in [-0.3, -0.25) is 0 Å². The molecule has 0 unspecified atom stereocenters. The van der Waals surface area contributed by atoms with Gasteiger partial charge in [0.1, 0.15) is 23.9 Å². The lowest BCUT2D eigenvalue weighted by atomic mass is 9.97. The number of benzene rings is 3. The molecule has 0 bridgehead atoms. The third kappa shape index (κ3) is 5.78. The summed E-state index contributed by atoms with van der Waals surface area (Å²) in [6.45, 7) is 5.32. The quantitative estimate of drug-likeness (QED) is 0.496. The minimum atomic E-state index is -0.422. The highest BCUT2D eigenvalue weighted by molar-refractivity contribution is 5.68. The standard InChI is InChI=1S/C26H31NO4/c1-18(28)15-27-16-24-25(29-3)13-22(14-26(24)30-4)31-17-21-11-8-12-23(19(21)2)20-9-6-5-7-10-20/h5-14,18,27-28H,15-17H2,1-4H3/t18-/m0/s1. The van der Waals surface area contributed by atoms with Gasteiger partial charge in [0.15, 0.2) is 0 Å². The predicted octanol–water partition coefficient (Wildman–Crippen LogP) is 4.73.